The largest absolute Gasteiger partial charge is 0.446 e. The van der Waals surface area contributed by atoms with Gasteiger partial charge in [-0.1, -0.05) is 6.92 Å². The molecule has 1 rings (SSSR count). The number of aromatic nitrogens is 1. The summed E-state index contributed by atoms with van der Waals surface area (Å²) >= 11 is 0. The van der Waals surface area contributed by atoms with E-state index in [1.807, 2.05) is 0 Å². The predicted molar refractivity (Wildman–Crippen MR) is 43.3 cm³/mol. The quantitative estimate of drug-likeness (QED) is 0.707. The van der Waals surface area contributed by atoms with Crippen LogP contribution in [0.4, 0.5) is 0 Å². The molecule has 0 amide bonds. The number of hydrogen-bond acceptors (Lipinski definition) is 3. The molecule has 0 unspecified atom stereocenters. The SMILES string of the molecule is CCCc1ncc(CCN)o1. The van der Waals surface area contributed by atoms with Crippen LogP contribution in [0.2, 0.25) is 0 Å². The summed E-state index contributed by atoms with van der Waals surface area (Å²) in [5.41, 5.74) is 5.36. The Kier molecular flexibility index (Phi) is 3.11. The summed E-state index contributed by atoms with van der Waals surface area (Å²) in [6.45, 7) is 2.73. The lowest BCUT2D eigenvalue weighted by Gasteiger charge is -1.89. The summed E-state index contributed by atoms with van der Waals surface area (Å²) in [5.74, 6) is 1.73. The van der Waals surface area contributed by atoms with Gasteiger partial charge in [0.05, 0.1) is 6.20 Å². The van der Waals surface area contributed by atoms with E-state index in [4.69, 9.17) is 10.2 Å². The monoisotopic (exact) mass is 154 g/mol. The Bertz CT molecular complexity index is 187. The van der Waals surface area contributed by atoms with E-state index in [0.717, 1.165) is 30.9 Å². The molecule has 0 spiro atoms. The molecule has 0 saturated heterocycles. The predicted octanol–water partition coefficient (Wildman–Crippen LogP) is 1.13. The molecule has 62 valence electrons. The summed E-state index contributed by atoms with van der Waals surface area (Å²) in [7, 11) is 0. The van der Waals surface area contributed by atoms with Gasteiger partial charge in [0.2, 0.25) is 0 Å². The minimum atomic E-state index is 0.626. The van der Waals surface area contributed by atoms with E-state index < -0.39 is 0 Å². The van der Waals surface area contributed by atoms with Crippen LogP contribution >= 0.6 is 0 Å². The van der Waals surface area contributed by atoms with Gasteiger partial charge in [-0.25, -0.2) is 4.98 Å². The number of nitrogens with two attached hydrogens (primary N) is 1. The van der Waals surface area contributed by atoms with Crippen molar-refractivity contribution in [2.45, 2.75) is 26.2 Å². The second-order valence-corrected chi connectivity index (χ2v) is 2.51. The molecule has 0 atom stereocenters. The molecule has 3 heteroatoms. The second-order valence-electron chi connectivity index (χ2n) is 2.51. The van der Waals surface area contributed by atoms with E-state index >= 15 is 0 Å². The van der Waals surface area contributed by atoms with Gasteiger partial charge < -0.3 is 10.2 Å². The smallest absolute Gasteiger partial charge is 0.194 e. The van der Waals surface area contributed by atoms with Crippen LogP contribution in [-0.2, 0) is 12.8 Å². The van der Waals surface area contributed by atoms with Crippen molar-refractivity contribution in [3.8, 4) is 0 Å². The third-order valence-electron chi connectivity index (χ3n) is 1.46. The molecular weight excluding hydrogens is 140 g/mol. The summed E-state index contributed by atoms with van der Waals surface area (Å²) in [4.78, 5) is 4.10. The van der Waals surface area contributed by atoms with E-state index in [1.54, 1.807) is 6.20 Å². The molecule has 0 aliphatic carbocycles. The van der Waals surface area contributed by atoms with Crippen LogP contribution in [0.5, 0.6) is 0 Å². The Morgan fingerprint density at radius 1 is 1.55 bits per heavy atom. The molecule has 0 radical (unpaired) electrons. The van der Waals surface area contributed by atoms with Crippen LogP contribution in [0.3, 0.4) is 0 Å². The van der Waals surface area contributed by atoms with Gasteiger partial charge in [0.25, 0.3) is 0 Å². The maximum absolute atomic E-state index is 5.37. The van der Waals surface area contributed by atoms with Gasteiger partial charge in [0, 0.05) is 12.8 Å². The maximum Gasteiger partial charge on any atom is 0.194 e. The summed E-state index contributed by atoms with van der Waals surface area (Å²) in [5, 5.41) is 0. The molecule has 3 nitrogen and oxygen atoms in total. The molecule has 1 heterocycles. The standard InChI is InChI=1S/C8H14N2O/c1-2-3-8-10-6-7(11-8)4-5-9/h6H,2-5,9H2,1H3. The normalized spacial score (nSPS) is 10.4. The number of hydrogen-bond donors (Lipinski definition) is 1. The molecule has 1 aromatic heterocycles. The highest BCUT2D eigenvalue weighted by atomic mass is 16.4. The van der Waals surface area contributed by atoms with Crippen molar-refractivity contribution < 1.29 is 4.42 Å². The summed E-state index contributed by atoms with van der Waals surface area (Å²) in [6, 6.07) is 0. The Balaban J connectivity index is 2.51. The van der Waals surface area contributed by atoms with Crippen LogP contribution in [0.15, 0.2) is 10.6 Å². The lowest BCUT2D eigenvalue weighted by molar-refractivity contribution is 0.453. The molecule has 0 aliphatic rings. The van der Waals surface area contributed by atoms with Crippen LogP contribution in [0.1, 0.15) is 25.0 Å². The zero-order valence-electron chi connectivity index (χ0n) is 6.84. The fourth-order valence-corrected chi connectivity index (χ4v) is 0.935. The number of rotatable bonds is 4. The lowest BCUT2D eigenvalue weighted by Crippen LogP contribution is -2.01. The molecular formula is C8H14N2O. The minimum Gasteiger partial charge on any atom is -0.446 e. The van der Waals surface area contributed by atoms with E-state index in [1.165, 1.54) is 0 Å². The first kappa shape index (κ1) is 8.27. The molecule has 0 bridgehead atoms. The molecule has 0 fully saturated rings. The van der Waals surface area contributed by atoms with Crippen molar-refractivity contribution in [2.75, 3.05) is 6.54 Å². The van der Waals surface area contributed by atoms with Gasteiger partial charge in [0.1, 0.15) is 5.76 Å². The average Bonchev–Trinajstić information content (AvgIpc) is 2.38. The number of nitrogens with zero attached hydrogens (tertiary/aromatic N) is 1. The number of aryl methyl sites for hydroxylation is 1. The first-order chi connectivity index (χ1) is 5.36. The van der Waals surface area contributed by atoms with Crippen molar-refractivity contribution in [1.82, 2.24) is 4.98 Å². The third kappa shape index (κ3) is 2.35. The average molecular weight is 154 g/mol. The third-order valence-corrected chi connectivity index (χ3v) is 1.46. The maximum atomic E-state index is 5.37. The van der Waals surface area contributed by atoms with Gasteiger partial charge in [-0.05, 0) is 13.0 Å². The van der Waals surface area contributed by atoms with E-state index in [-0.39, 0.29) is 0 Å². The zero-order chi connectivity index (χ0) is 8.10. The zero-order valence-corrected chi connectivity index (χ0v) is 6.84. The first-order valence-corrected chi connectivity index (χ1v) is 4.00. The van der Waals surface area contributed by atoms with Gasteiger partial charge >= 0.3 is 0 Å². The highest BCUT2D eigenvalue weighted by Gasteiger charge is 2.00. The Labute approximate surface area is 66.6 Å². The molecule has 2 N–H and O–H groups in total. The van der Waals surface area contributed by atoms with Crippen molar-refractivity contribution in [3.63, 3.8) is 0 Å². The van der Waals surface area contributed by atoms with E-state index in [9.17, 15) is 0 Å². The second kappa shape index (κ2) is 4.13. The fraction of sp³-hybridized carbons (Fsp3) is 0.625. The molecule has 0 aliphatic heterocycles. The Hall–Kier alpha value is -0.830. The highest BCUT2D eigenvalue weighted by Crippen LogP contribution is 2.05. The lowest BCUT2D eigenvalue weighted by atomic mass is 10.3. The van der Waals surface area contributed by atoms with Crippen molar-refractivity contribution in [1.29, 1.82) is 0 Å². The van der Waals surface area contributed by atoms with Crippen molar-refractivity contribution in [2.24, 2.45) is 5.73 Å². The van der Waals surface area contributed by atoms with Crippen LogP contribution in [-0.4, -0.2) is 11.5 Å². The Morgan fingerprint density at radius 3 is 3.00 bits per heavy atom. The minimum absolute atomic E-state index is 0.626. The fourth-order valence-electron chi connectivity index (χ4n) is 0.935. The van der Waals surface area contributed by atoms with Crippen molar-refractivity contribution >= 4 is 0 Å². The summed E-state index contributed by atoms with van der Waals surface area (Å²) < 4.78 is 5.37. The molecule has 11 heavy (non-hydrogen) atoms. The van der Waals surface area contributed by atoms with Crippen LogP contribution in [0, 0.1) is 0 Å². The summed E-state index contributed by atoms with van der Waals surface area (Å²) in [6.07, 6.45) is 4.54. The topological polar surface area (TPSA) is 52.0 Å². The molecule has 0 saturated carbocycles. The van der Waals surface area contributed by atoms with Crippen LogP contribution in [0.25, 0.3) is 0 Å². The molecule has 1 aromatic rings. The van der Waals surface area contributed by atoms with Crippen molar-refractivity contribution in [3.05, 3.63) is 17.8 Å². The van der Waals surface area contributed by atoms with Gasteiger partial charge in [0.15, 0.2) is 5.89 Å². The first-order valence-electron chi connectivity index (χ1n) is 4.00. The van der Waals surface area contributed by atoms with Crippen LogP contribution < -0.4 is 5.73 Å². The van der Waals surface area contributed by atoms with Gasteiger partial charge in [-0.2, -0.15) is 0 Å². The Morgan fingerprint density at radius 2 is 2.36 bits per heavy atom. The number of oxazole rings is 1. The van der Waals surface area contributed by atoms with Gasteiger partial charge in [-0.15, -0.1) is 0 Å². The van der Waals surface area contributed by atoms with E-state index in [2.05, 4.69) is 11.9 Å². The van der Waals surface area contributed by atoms with Gasteiger partial charge in [-0.3, -0.25) is 0 Å². The molecule has 0 aromatic carbocycles. The van der Waals surface area contributed by atoms with E-state index in [0.29, 0.717) is 6.54 Å². The highest BCUT2D eigenvalue weighted by molar-refractivity contribution is 4.94.